The third-order valence-corrected chi connectivity index (χ3v) is 4.94. The maximum absolute atomic E-state index is 12.2. The monoisotopic (exact) mass is 419 g/mol. The van der Waals surface area contributed by atoms with E-state index in [1.54, 1.807) is 31.4 Å². The highest BCUT2D eigenvalue weighted by Crippen LogP contribution is 2.39. The van der Waals surface area contributed by atoms with E-state index in [0.717, 1.165) is 23.1 Å². The lowest BCUT2D eigenvalue weighted by molar-refractivity contribution is -0.113. The molecule has 0 aliphatic carbocycles. The Morgan fingerprint density at radius 1 is 1.21 bits per heavy atom. The molecule has 0 saturated carbocycles. The summed E-state index contributed by atoms with van der Waals surface area (Å²) in [4.78, 5) is 12.2. The number of thioether (sulfide) groups is 1. The Morgan fingerprint density at radius 2 is 1.96 bits per heavy atom. The summed E-state index contributed by atoms with van der Waals surface area (Å²) in [6.07, 6.45) is 0. The van der Waals surface area contributed by atoms with Crippen molar-refractivity contribution in [1.29, 1.82) is 0 Å². The van der Waals surface area contributed by atoms with Crippen molar-refractivity contribution < 1.29 is 23.4 Å². The van der Waals surface area contributed by atoms with Crippen LogP contribution in [0.1, 0.15) is 0 Å². The van der Waals surface area contributed by atoms with Gasteiger partial charge in [-0.3, -0.25) is 4.79 Å². The third-order valence-electron chi connectivity index (χ3n) is 3.81. The molecule has 4 rings (SSSR count). The van der Waals surface area contributed by atoms with Crippen LogP contribution in [-0.2, 0) is 4.79 Å². The predicted octanol–water partition coefficient (Wildman–Crippen LogP) is 3.86. The van der Waals surface area contributed by atoms with Gasteiger partial charge in [0.15, 0.2) is 11.5 Å². The van der Waals surface area contributed by atoms with Gasteiger partial charge in [-0.25, -0.2) is 0 Å². The molecule has 2 heterocycles. The van der Waals surface area contributed by atoms with Gasteiger partial charge in [-0.1, -0.05) is 23.4 Å². The summed E-state index contributed by atoms with van der Waals surface area (Å²) >= 11 is 7.28. The largest absolute Gasteiger partial charge is 0.497 e. The molecule has 0 spiro atoms. The lowest BCUT2D eigenvalue weighted by atomic mass is 10.2. The molecule has 0 atom stereocenters. The van der Waals surface area contributed by atoms with Crippen LogP contribution in [0.25, 0.3) is 11.5 Å². The molecule has 2 aromatic carbocycles. The summed E-state index contributed by atoms with van der Waals surface area (Å²) in [6, 6.07) is 10.5. The number of aromatic nitrogens is 2. The van der Waals surface area contributed by atoms with Crippen molar-refractivity contribution in [2.24, 2.45) is 0 Å². The number of nitrogens with one attached hydrogen (secondary N) is 1. The Hall–Kier alpha value is -2.91. The van der Waals surface area contributed by atoms with Crippen LogP contribution in [0.2, 0.25) is 5.02 Å². The van der Waals surface area contributed by atoms with Gasteiger partial charge >= 0.3 is 0 Å². The molecule has 1 aliphatic heterocycles. The molecule has 1 aliphatic rings. The van der Waals surface area contributed by atoms with E-state index in [1.807, 2.05) is 12.1 Å². The minimum atomic E-state index is -0.269. The van der Waals surface area contributed by atoms with Crippen LogP contribution in [0.4, 0.5) is 5.69 Å². The van der Waals surface area contributed by atoms with Crippen molar-refractivity contribution in [2.75, 3.05) is 25.0 Å². The maximum atomic E-state index is 12.2. The summed E-state index contributed by atoms with van der Waals surface area (Å²) in [5.74, 6) is 1.99. The summed E-state index contributed by atoms with van der Waals surface area (Å²) in [6.45, 7) is 0.132. The first-order valence-electron chi connectivity index (χ1n) is 8.12. The van der Waals surface area contributed by atoms with E-state index in [2.05, 4.69) is 15.5 Å². The Balaban J connectivity index is 1.36. The van der Waals surface area contributed by atoms with E-state index in [9.17, 15) is 4.79 Å². The van der Waals surface area contributed by atoms with Crippen LogP contribution in [0.3, 0.4) is 0 Å². The number of rotatable bonds is 6. The van der Waals surface area contributed by atoms with Crippen molar-refractivity contribution in [3.8, 4) is 28.7 Å². The molecule has 1 amide bonds. The first-order valence-corrected chi connectivity index (χ1v) is 9.48. The number of halogens is 1. The van der Waals surface area contributed by atoms with Gasteiger partial charge in [0.25, 0.3) is 5.22 Å². The maximum Gasteiger partial charge on any atom is 0.277 e. The van der Waals surface area contributed by atoms with Crippen molar-refractivity contribution in [3.05, 3.63) is 41.4 Å². The first-order chi connectivity index (χ1) is 13.6. The predicted molar refractivity (Wildman–Crippen MR) is 103 cm³/mol. The van der Waals surface area contributed by atoms with Gasteiger partial charge < -0.3 is 23.9 Å². The van der Waals surface area contributed by atoms with Gasteiger partial charge in [0.2, 0.25) is 18.6 Å². The number of fused-ring (bicyclic) bond motifs is 1. The third kappa shape index (κ3) is 4.00. The molecular formula is C18H14ClN3O5S. The van der Waals surface area contributed by atoms with Gasteiger partial charge in [-0.05, 0) is 24.3 Å². The zero-order chi connectivity index (χ0) is 19.5. The quantitative estimate of drug-likeness (QED) is 0.602. The molecule has 1 N–H and O–H groups in total. The average Bonchev–Trinajstić information content (AvgIpc) is 3.36. The van der Waals surface area contributed by atoms with E-state index < -0.39 is 0 Å². The molecule has 1 aromatic heterocycles. The number of hydrogen-bond acceptors (Lipinski definition) is 8. The fourth-order valence-electron chi connectivity index (χ4n) is 2.44. The molecule has 3 aromatic rings. The molecule has 28 heavy (non-hydrogen) atoms. The van der Waals surface area contributed by atoms with Gasteiger partial charge in [-0.2, -0.15) is 0 Å². The number of carbonyl (C=O) groups excluding carboxylic acids is 1. The van der Waals surface area contributed by atoms with E-state index in [0.29, 0.717) is 28.1 Å². The zero-order valence-electron chi connectivity index (χ0n) is 14.6. The molecule has 0 bridgehead atoms. The van der Waals surface area contributed by atoms with Gasteiger partial charge in [0.05, 0.1) is 23.6 Å². The topological polar surface area (TPSA) is 95.7 Å². The molecule has 144 valence electrons. The number of anilines is 1. The van der Waals surface area contributed by atoms with E-state index in [4.69, 9.17) is 30.2 Å². The second kappa shape index (κ2) is 7.99. The van der Waals surface area contributed by atoms with Gasteiger partial charge in [0, 0.05) is 17.7 Å². The Morgan fingerprint density at radius 3 is 2.71 bits per heavy atom. The van der Waals surface area contributed by atoms with Crippen molar-refractivity contribution in [1.82, 2.24) is 10.2 Å². The Kier molecular flexibility index (Phi) is 5.27. The SMILES string of the molecule is COc1ccc(-c2nnc(SCC(=O)Nc3cc4c(cc3Cl)OCO4)o2)cc1. The Labute approximate surface area is 169 Å². The molecule has 0 radical (unpaired) electrons. The highest BCUT2D eigenvalue weighted by atomic mass is 35.5. The van der Waals surface area contributed by atoms with E-state index in [1.165, 1.54) is 0 Å². The van der Waals surface area contributed by atoms with Gasteiger partial charge in [-0.15, -0.1) is 10.2 Å². The number of hydrogen-bond donors (Lipinski definition) is 1. The summed E-state index contributed by atoms with van der Waals surface area (Å²) < 4.78 is 21.2. The summed E-state index contributed by atoms with van der Waals surface area (Å²) in [7, 11) is 1.60. The van der Waals surface area contributed by atoms with Crippen LogP contribution >= 0.6 is 23.4 Å². The number of carbonyl (C=O) groups is 1. The second-order valence-corrected chi connectivity index (χ2v) is 6.96. The number of methoxy groups -OCH3 is 1. The number of benzene rings is 2. The average molecular weight is 420 g/mol. The van der Waals surface area contributed by atoms with Crippen LogP contribution in [0.15, 0.2) is 46.0 Å². The van der Waals surface area contributed by atoms with Crippen molar-refractivity contribution >= 4 is 35.0 Å². The van der Waals surface area contributed by atoms with Crippen LogP contribution in [-0.4, -0.2) is 35.8 Å². The minimum absolute atomic E-state index is 0.0784. The lowest BCUT2D eigenvalue weighted by Gasteiger charge is -2.07. The molecule has 0 fully saturated rings. The number of amides is 1. The minimum Gasteiger partial charge on any atom is -0.497 e. The first kappa shape index (κ1) is 18.5. The number of ether oxygens (including phenoxy) is 3. The fourth-order valence-corrected chi connectivity index (χ4v) is 3.21. The van der Waals surface area contributed by atoms with Crippen molar-refractivity contribution in [2.45, 2.75) is 5.22 Å². The standard InChI is InChI=1S/C18H14ClN3O5S/c1-24-11-4-2-10(3-5-11)17-21-22-18(27-17)28-8-16(23)20-13-7-15-14(6-12(13)19)25-9-26-15/h2-7H,8-9H2,1H3,(H,20,23). The molecular weight excluding hydrogens is 406 g/mol. The lowest BCUT2D eigenvalue weighted by Crippen LogP contribution is -2.14. The number of nitrogens with zero attached hydrogens (tertiary/aromatic N) is 2. The molecule has 10 heteroatoms. The fraction of sp³-hybridized carbons (Fsp3) is 0.167. The summed E-state index contributed by atoms with van der Waals surface area (Å²) in [5.41, 5.74) is 1.21. The van der Waals surface area contributed by atoms with Crippen LogP contribution < -0.4 is 19.5 Å². The zero-order valence-corrected chi connectivity index (χ0v) is 16.2. The van der Waals surface area contributed by atoms with E-state index >= 15 is 0 Å². The second-order valence-electron chi connectivity index (χ2n) is 5.62. The normalized spacial score (nSPS) is 12.1. The van der Waals surface area contributed by atoms with Gasteiger partial charge in [0.1, 0.15) is 5.75 Å². The molecule has 0 saturated heterocycles. The Bertz CT molecular complexity index is 1010. The van der Waals surface area contributed by atoms with Crippen LogP contribution in [0, 0.1) is 0 Å². The van der Waals surface area contributed by atoms with Crippen LogP contribution in [0.5, 0.6) is 17.2 Å². The highest BCUT2D eigenvalue weighted by Gasteiger charge is 2.18. The highest BCUT2D eigenvalue weighted by molar-refractivity contribution is 7.99. The summed E-state index contributed by atoms with van der Waals surface area (Å²) in [5, 5.41) is 11.3. The molecule has 8 nitrogen and oxygen atoms in total. The van der Waals surface area contributed by atoms with E-state index in [-0.39, 0.29) is 23.7 Å². The molecule has 0 unspecified atom stereocenters. The van der Waals surface area contributed by atoms with Crippen molar-refractivity contribution in [3.63, 3.8) is 0 Å². The smallest absolute Gasteiger partial charge is 0.277 e.